The van der Waals surface area contributed by atoms with Crippen molar-refractivity contribution in [3.63, 3.8) is 0 Å². The molecule has 1 saturated heterocycles. The molecule has 1 unspecified atom stereocenters. The molecule has 13 heavy (non-hydrogen) atoms. The van der Waals surface area contributed by atoms with Crippen LogP contribution in [0.25, 0.3) is 0 Å². The first kappa shape index (κ1) is 13.1. The third-order valence-corrected chi connectivity index (χ3v) is 2.58. The van der Waals surface area contributed by atoms with E-state index in [4.69, 9.17) is 0 Å². The van der Waals surface area contributed by atoms with Crippen LogP contribution in [0.3, 0.4) is 0 Å². The minimum absolute atomic E-state index is 0. The molecule has 1 atom stereocenters. The predicted octanol–water partition coefficient (Wildman–Crippen LogP) is 2.80. The molecule has 0 spiro atoms. The summed E-state index contributed by atoms with van der Waals surface area (Å²) in [5.41, 5.74) is 0. The maximum absolute atomic E-state index is 12.0. The highest BCUT2D eigenvalue weighted by Crippen LogP contribution is 2.19. The topological polar surface area (TPSA) is 3.24 Å². The van der Waals surface area contributed by atoms with Crippen LogP contribution in [-0.4, -0.2) is 31.0 Å². The SMILES string of the molecule is CCC1CCCN(CC(F)F)C1.Cl. The lowest BCUT2D eigenvalue weighted by atomic mass is 9.96. The summed E-state index contributed by atoms with van der Waals surface area (Å²) in [6.07, 6.45) is 1.27. The number of piperidine rings is 1. The zero-order valence-electron chi connectivity index (χ0n) is 8.01. The molecule has 0 radical (unpaired) electrons. The molecule has 0 aromatic carbocycles. The van der Waals surface area contributed by atoms with Crippen LogP contribution >= 0.6 is 12.4 Å². The van der Waals surface area contributed by atoms with Crippen LogP contribution in [0.2, 0.25) is 0 Å². The van der Waals surface area contributed by atoms with E-state index in [1.54, 1.807) is 0 Å². The van der Waals surface area contributed by atoms with Gasteiger partial charge in [-0.05, 0) is 25.3 Å². The summed E-state index contributed by atoms with van der Waals surface area (Å²) in [5, 5.41) is 0. The third kappa shape index (κ3) is 4.77. The van der Waals surface area contributed by atoms with Crippen molar-refractivity contribution in [3.8, 4) is 0 Å². The summed E-state index contributed by atoms with van der Waals surface area (Å²) in [6.45, 7) is 3.84. The molecule has 0 amide bonds. The summed E-state index contributed by atoms with van der Waals surface area (Å²) in [5.74, 6) is 0.650. The Bertz CT molecular complexity index is 133. The molecule has 0 bridgehead atoms. The number of likely N-dealkylation sites (tertiary alicyclic amines) is 1. The van der Waals surface area contributed by atoms with Gasteiger partial charge in [0, 0.05) is 6.54 Å². The molecule has 0 aromatic rings. The normalized spacial score (nSPS) is 24.5. The van der Waals surface area contributed by atoms with Gasteiger partial charge in [-0.15, -0.1) is 12.4 Å². The molecule has 0 aliphatic carbocycles. The van der Waals surface area contributed by atoms with Gasteiger partial charge in [0.1, 0.15) is 0 Å². The monoisotopic (exact) mass is 213 g/mol. The standard InChI is InChI=1S/C9H17F2N.ClH/c1-2-8-4-3-5-12(6-8)7-9(10)11;/h8-9H,2-7H2,1H3;1H. The van der Waals surface area contributed by atoms with E-state index in [0.29, 0.717) is 5.92 Å². The largest absolute Gasteiger partial charge is 0.297 e. The highest BCUT2D eigenvalue weighted by atomic mass is 35.5. The van der Waals surface area contributed by atoms with Crippen molar-refractivity contribution in [1.29, 1.82) is 0 Å². The minimum atomic E-state index is -2.17. The van der Waals surface area contributed by atoms with Crippen molar-refractivity contribution in [2.75, 3.05) is 19.6 Å². The fourth-order valence-electron chi connectivity index (χ4n) is 1.85. The first-order chi connectivity index (χ1) is 5.72. The Hall–Kier alpha value is 0.110. The Labute approximate surface area is 84.9 Å². The molecule has 1 heterocycles. The molecule has 1 rings (SSSR count). The number of nitrogens with zero attached hydrogens (tertiary/aromatic N) is 1. The van der Waals surface area contributed by atoms with E-state index in [-0.39, 0.29) is 19.0 Å². The van der Waals surface area contributed by atoms with Gasteiger partial charge in [-0.3, -0.25) is 4.90 Å². The molecule has 1 aliphatic rings. The minimum Gasteiger partial charge on any atom is -0.297 e. The first-order valence-electron chi connectivity index (χ1n) is 4.73. The van der Waals surface area contributed by atoms with Gasteiger partial charge in [0.25, 0.3) is 6.43 Å². The van der Waals surface area contributed by atoms with Crippen molar-refractivity contribution < 1.29 is 8.78 Å². The van der Waals surface area contributed by atoms with E-state index in [1.807, 2.05) is 4.90 Å². The second-order valence-electron chi connectivity index (χ2n) is 3.57. The van der Waals surface area contributed by atoms with Gasteiger partial charge in [-0.2, -0.15) is 0 Å². The maximum atomic E-state index is 12.0. The van der Waals surface area contributed by atoms with Gasteiger partial charge in [-0.1, -0.05) is 13.3 Å². The number of alkyl halides is 2. The number of hydrogen-bond donors (Lipinski definition) is 0. The summed E-state index contributed by atoms with van der Waals surface area (Å²) >= 11 is 0. The van der Waals surface area contributed by atoms with Gasteiger partial charge in [0.2, 0.25) is 0 Å². The zero-order valence-corrected chi connectivity index (χ0v) is 8.83. The summed E-state index contributed by atoms with van der Waals surface area (Å²) in [6, 6.07) is 0. The maximum Gasteiger partial charge on any atom is 0.251 e. The Morgan fingerprint density at radius 1 is 1.46 bits per heavy atom. The van der Waals surface area contributed by atoms with E-state index in [2.05, 4.69) is 6.92 Å². The molecule has 1 fully saturated rings. The van der Waals surface area contributed by atoms with Crippen LogP contribution < -0.4 is 0 Å². The van der Waals surface area contributed by atoms with Gasteiger partial charge in [-0.25, -0.2) is 8.78 Å². The van der Waals surface area contributed by atoms with Crippen LogP contribution in [0.5, 0.6) is 0 Å². The fraction of sp³-hybridized carbons (Fsp3) is 1.00. The van der Waals surface area contributed by atoms with E-state index < -0.39 is 6.43 Å². The molecule has 0 N–H and O–H groups in total. The average molecular weight is 214 g/mol. The Morgan fingerprint density at radius 2 is 2.15 bits per heavy atom. The lowest BCUT2D eigenvalue weighted by Crippen LogP contribution is -2.38. The van der Waals surface area contributed by atoms with Crippen molar-refractivity contribution in [2.45, 2.75) is 32.6 Å². The third-order valence-electron chi connectivity index (χ3n) is 2.58. The van der Waals surface area contributed by atoms with Gasteiger partial charge < -0.3 is 0 Å². The molecular weight excluding hydrogens is 196 g/mol. The number of hydrogen-bond acceptors (Lipinski definition) is 1. The first-order valence-corrected chi connectivity index (χ1v) is 4.73. The van der Waals surface area contributed by atoms with Gasteiger partial charge in [0.05, 0.1) is 6.54 Å². The van der Waals surface area contributed by atoms with Crippen molar-refractivity contribution in [1.82, 2.24) is 4.90 Å². The second-order valence-corrected chi connectivity index (χ2v) is 3.57. The molecule has 1 aliphatic heterocycles. The Kier molecular flexibility index (Phi) is 6.60. The lowest BCUT2D eigenvalue weighted by Gasteiger charge is -2.31. The Morgan fingerprint density at radius 3 is 2.69 bits per heavy atom. The zero-order chi connectivity index (χ0) is 8.97. The van der Waals surface area contributed by atoms with Crippen LogP contribution in [0.15, 0.2) is 0 Å². The van der Waals surface area contributed by atoms with Gasteiger partial charge >= 0.3 is 0 Å². The smallest absolute Gasteiger partial charge is 0.251 e. The highest BCUT2D eigenvalue weighted by Gasteiger charge is 2.20. The highest BCUT2D eigenvalue weighted by molar-refractivity contribution is 5.85. The summed E-state index contributed by atoms with van der Waals surface area (Å²) < 4.78 is 24.0. The van der Waals surface area contributed by atoms with Crippen LogP contribution in [0.1, 0.15) is 26.2 Å². The number of rotatable bonds is 3. The van der Waals surface area contributed by atoms with Crippen molar-refractivity contribution in [2.24, 2.45) is 5.92 Å². The molecule has 4 heteroatoms. The molecule has 0 aromatic heterocycles. The van der Waals surface area contributed by atoms with E-state index in [9.17, 15) is 8.78 Å². The van der Waals surface area contributed by atoms with Crippen LogP contribution in [-0.2, 0) is 0 Å². The Balaban J connectivity index is 0.00000144. The van der Waals surface area contributed by atoms with Crippen LogP contribution in [0.4, 0.5) is 8.78 Å². The van der Waals surface area contributed by atoms with Crippen molar-refractivity contribution in [3.05, 3.63) is 0 Å². The number of halogens is 3. The van der Waals surface area contributed by atoms with E-state index in [1.165, 1.54) is 6.42 Å². The lowest BCUT2D eigenvalue weighted by molar-refractivity contribution is 0.0643. The van der Waals surface area contributed by atoms with Gasteiger partial charge in [0.15, 0.2) is 0 Å². The predicted molar refractivity (Wildman–Crippen MR) is 52.7 cm³/mol. The van der Waals surface area contributed by atoms with E-state index >= 15 is 0 Å². The molecule has 1 nitrogen and oxygen atoms in total. The molecular formula is C9H18ClF2N. The molecule has 0 saturated carbocycles. The summed E-state index contributed by atoms with van der Waals surface area (Å²) in [4.78, 5) is 1.89. The second kappa shape index (κ2) is 6.55. The van der Waals surface area contributed by atoms with Crippen LogP contribution in [0, 0.1) is 5.92 Å². The van der Waals surface area contributed by atoms with E-state index in [0.717, 1.165) is 25.9 Å². The van der Waals surface area contributed by atoms with Crippen molar-refractivity contribution >= 4 is 12.4 Å². The quantitative estimate of drug-likeness (QED) is 0.697. The summed E-state index contributed by atoms with van der Waals surface area (Å²) in [7, 11) is 0. The average Bonchev–Trinajstić information content (AvgIpc) is 2.03. The fourth-order valence-corrected chi connectivity index (χ4v) is 1.85. The molecule has 80 valence electrons.